The smallest absolute Gasteiger partial charge is 0.260 e. The van der Waals surface area contributed by atoms with Gasteiger partial charge in [-0.15, -0.1) is 11.3 Å². The molecule has 0 radical (unpaired) electrons. The maximum absolute atomic E-state index is 5.89. The fraction of sp³-hybridized carbons (Fsp3) is 0.333. The number of halogens is 2. The Kier molecular flexibility index (Phi) is 3.22. The van der Waals surface area contributed by atoms with Crippen LogP contribution in [-0.2, 0) is 5.54 Å². The van der Waals surface area contributed by atoms with Gasteiger partial charge in [0.25, 0.3) is 5.89 Å². The zero-order valence-corrected chi connectivity index (χ0v) is 12.6. The van der Waals surface area contributed by atoms with E-state index in [4.69, 9.17) is 10.3 Å². The van der Waals surface area contributed by atoms with Crippen molar-refractivity contribution >= 4 is 43.2 Å². The number of thiophene rings is 1. The first-order valence-electron chi connectivity index (χ1n) is 4.46. The van der Waals surface area contributed by atoms with Gasteiger partial charge in [0.15, 0.2) is 5.82 Å². The summed E-state index contributed by atoms with van der Waals surface area (Å²) in [5.74, 6) is 0.971. The van der Waals surface area contributed by atoms with Crippen LogP contribution in [0, 0.1) is 0 Å². The number of aromatic nitrogens is 2. The summed E-state index contributed by atoms with van der Waals surface area (Å²) in [4.78, 5) is 4.28. The predicted octanol–water partition coefficient (Wildman–Crippen LogP) is 3.52. The van der Waals surface area contributed by atoms with Crippen molar-refractivity contribution < 1.29 is 4.52 Å². The molecule has 7 heteroatoms. The predicted molar refractivity (Wildman–Crippen MR) is 70.2 cm³/mol. The summed E-state index contributed by atoms with van der Waals surface area (Å²) in [7, 11) is 0. The highest BCUT2D eigenvalue weighted by Crippen LogP contribution is 2.38. The molecule has 2 aromatic rings. The van der Waals surface area contributed by atoms with Gasteiger partial charge in [-0.2, -0.15) is 4.98 Å². The standard InChI is InChI=1S/C9H9Br2N3OS/c1-9(2,12)8-13-7(15-14-8)4-3-5(10)16-6(4)11/h3H,12H2,1-2H3. The Labute approximate surface area is 113 Å². The van der Waals surface area contributed by atoms with Crippen LogP contribution < -0.4 is 5.73 Å². The van der Waals surface area contributed by atoms with Crippen LogP contribution in [0.25, 0.3) is 11.5 Å². The van der Waals surface area contributed by atoms with E-state index in [0.717, 1.165) is 13.1 Å². The average molecular weight is 367 g/mol. The van der Waals surface area contributed by atoms with E-state index in [2.05, 4.69) is 42.0 Å². The van der Waals surface area contributed by atoms with Crippen LogP contribution >= 0.6 is 43.2 Å². The molecule has 0 aliphatic heterocycles. The second-order valence-electron chi connectivity index (χ2n) is 3.88. The first-order chi connectivity index (χ1) is 7.38. The fourth-order valence-electron chi connectivity index (χ4n) is 1.08. The molecule has 2 aromatic heterocycles. The monoisotopic (exact) mass is 365 g/mol. The van der Waals surface area contributed by atoms with E-state index < -0.39 is 5.54 Å². The molecule has 4 nitrogen and oxygen atoms in total. The van der Waals surface area contributed by atoms with Crippen molar-refractivity contribution in [1.82, 2.24) is 10.1 Å². The summed E-state index contributed by atoms with van der Waals surface area (Å²) in [5, 5.41) is 3.87. The quantitative estimate of drug-likeness (QED) is 0.883. The lowest BCUT2D eigenvalue weighted by atomic mass is 10.1. The van der Waals surface area contributed by atoms with Crippen molar-refractivity contribution in [3.05, 3.63) is 19.5 Å². The van der Waals surface area contributed by atoms with Gasteiger partial charge in [0.1, 0.15) is 0 Å². The van der Waals surface area contributed by atoms with Gasteiger partial charge < -0.3 is 10.3 Å². The Morgan fingerprint density at radius 1 is 1.44 bits per heavy atom. The summed E-state index contributed by atoms with van der Waals surface area (Å²) in [6, 6.07) is 1.93. The number of hydrogen-bond donors (Lipinski definition) is 1. The zero-order valence-electron chi connectivity index (χ0n) is 8.62. The lowest BCUT2D eigenvalue weighted by Crippen LogP contribution is -2.30. The summed E-state index contributed by atoms with van der Waals surface area (Å²) in [6.45, 7) is 3.67. The van der Waals surface area contributed by atoms with E-state index >= 15 is 0 Å². The minimum Gasteiger partial charge on any atom is -0.334 e. The topological polar surface area (TPSA) is 64.9 Å². The second kappa shape index (κ2) is 4.21. The third-order valence-corrected chi connectivity index (χ3v) is 4.23. The molecule has 0 aliphatic carbocycles. The fourth-order valence-corrected chi connectivity index (χ4v) is 3.86. The average Bonchev–Trinajstić information content (AvgIpc) is 2.70. The van der Waals surface area contributed by atoms with Gasteiger partial charge >= 0.3 is 0 Å². The van der Waals surface area contributed by atoms with E-state index in [1.54, 1.807) is 11.3 Å². The van der Waals surface area contributed by atoms with Crippen molar-refractivity contribution in [3.8, 4) is 11.5 Å². The molecule has 86 valence electrons. The molecule has 0 aliphatic rings. The molecular weight excluding hydrogens is 358 g/mol. The summed E-state index contributed by atoms with van der Waals surface area (Å²) in [6.07, 6.45) is 0. The van der Waals surface area contributed by atoms with Crippen LogP contribution in [0.1, 0.15) is 19.7 Å². The number of nitrogens with two attached hydrogens (primary N) is 1. The minimum absolute atomic E-state index is 0.474. The maximum Gasteiger partial charge on any atom is 0.260 e. The van der Waals surface area contributed by atoms with Crippen LogP contribution in [0.2, 0.25) is 0 Å². The Balaban J connectivity index is 2.43. The van der Waals surface area contributed by atoms with Crippen molar-refractivity contribution in [2.75, 3.05) is 0 Å². The molecular formula is C9H9Br2N3OS. The van der Waals surface area contributed by atoms with Gasteiger partial charge in [-0.3, -0.25) is 0 Å². The lowest BCUT2D eigenvalue weighted by Gasteiger charge is -2.11. The molecule has 2 heterocycles. The van der Waals surface area contributed by atoms with Crippen molar-refractivity contribution in [2.45, 2.75) is 19.4 Å². The van der Waals surface area contributed by atoms with Crippen LogP contribution in [0.15, 0.2) is 18.2 Å². The van der Waals surface area contributed by atoms with Gasteiger partial charge in [0, 0.05) is 0 Å². The number of rotatable bonds is 2. The van der Waals surface area contributed by atoms with E-state index in [-0.39, 0.29) is 0 Å². The van der Waals surface area contributed by atoms with Gasteiger partial charge in [-0.25, -0.2) is 0 Å². The molecule has 0 aromatic carbocycles. The second-order valence-corrected chi connectivity index (χ2v) is 7.63. The first-order valence-corrected chi connectivity index (χ1v) is 6.86. The van der Waals surface area contributed by atoms with Crippen LogP contribution in [0.4, 0.5) is 0 Å². The molecule has 0 bridgehead atoms. The Bertz CT molecular complexity index is 515. The van der Waals surface area contributed by atoms with E-state index in [9.17, 15) is 0 Å². The molecule has 0 amide bonds. The summed E-state index contributed by atoms with van der Waals surface area (Å²) in [5.41, 5.74) is 6.17. The lowest BCUT2D eigenvalue weighted by molar-refractivity contribution is 0.397. The Hall–Kier alpha value is -0.240. The first kappa shape index (κ1) is 12.2. The SMILES string of the molecule is CC(C)(N)c1noc(-c2cc(Br)sc2Br)n1. The van der Waals surface area contributed by atoms with E-state index in [1.807, 2.05) is 19.9 Å². The highest BCUT2D eigenvalue weighted by Gasteiger charge is 2.23. The summed E-state index contributed by atoms with van der Waals surface area (Å²) >= 11 is 8.40. The van der Waals surface area contributed by atoms with Gasteiger partial charge in [0.2, 0.25) is 0 Å². The van der Waals surface area contributed by atoms with Gasteiger partial charge in [0.05, 0.1) is 18.7 Å². The summed E-state index contributed by atoms with van der Waals surface area (Å²) < 4.78 is 7.14. The van der Waals surface area contributed by atoms with Crippen LogP contribution in [0.5, 0.6) is 0 Å². The maximum atomic E-state index is 5.89. The molecule has 2 rings (SSSR count). The highest BCUT2D eigenvalue weighted by molar-refractivity contribution is 9.12. The Morgan fingerprint density at radius 3 is 2.56 bits per heavy atom. The minimum atomic E-state index is -0.596. The normalized spacial score (nSPS) is 12.1. The Morgan fingerprint density at radius 2 is 2.12 bits per heavy atom. The molecule has 16 heavy (non-hydrogen) atoms. The molecule has 0 atom stereocenters. The van der Waals surface area contributed by atoms with Gasteiger partial charge in [-0.1, -0.05) is 5.16 Å². The molecule has 2 N–H and O–H groups in total. The highest BCUT2D eigenvalue weighted by atomic mass is 79.9. The number of hydrogen-bond acceptors (Lipinski definition) is 5. The zero-order chi connectivity index (χ0) is 11.9. The third kappa shape index (κ3) is 2.37. The number of nitrogens with zero attached hydrogens (tertiary/aromatic N) is 2. The molecule has 0 spiro atoms. The van der Waals surface area contributed by atoms with E-state index in [1.165, 1.54) is 0 Å². The molecule has 0 fully saturated rings. The van der Waals surface area contributed by atoms with Crippen molar-refractivity contribution in [3.63, 3.8) is 0 Å². The van der Waals surface area contributed by atoms with Crippen LogP contribution in [0.3, 0.4) is 0 Å². The van der Waals surface area contributed by atoms with Crippen LogP contribution in [-0.4, -0.2) is 10.1 Å². The van der Waals surface area contributed by atoms with E-state index in [0.29, 0.717) is 11.7 Å². The third-order valence-electron chi connectivity index (χ3n) is 1.89. The largest absolute Gasteiger partial charge is 0.334 e. The molecule has 0 unspecified atom stereocenters. The van der Waals surface area contributed by atoms with Crippen molar-refractivity contribution in [2.24, 2.45) is 5.73 Å². The molecule has 0 saturated carbocycles. The molecule has 0 saturated heterocycles. The van der Waals surface area contributed by atoms with Crippen molar-refractivity contribution in [1.29, 1.82) is 0 Å². The van der Waals surface area contributed by atoms with Gasteiger partial charge in [-0.05, 0) is 51.8 Å².